The molecule has 1 saturated heterocycles. The van der Waals surface area contributed by atoms with Gasteiger partial charge in [0.2, 0.25) is 0 Å². The Morgan fingerprint density at radius 2 is 1.53 bits per heavy atom. The first-order chi connectivity index (χ1) is 15.3. The van der Waals surface area contributed by atoms with Crippen LogP contribution in [0.3, 0.4) is 0 Å². The number of halogens is 3. The highest BCUT2D eigenvalue weighted by molar-refractivity contribution is 6.32. The molecule has 2 amide bonds. The molecule has 0 aliphatic carbocycles. The van der Waals surface area contributed by atoms with Gasteiger partial charge in [-0.2, -0.15) is 0 Å². The Morgan fingerprint density at radius 3 is 2.09 bits per heavy atom. The maximum Gasteiger partial charge on any atom is 0.254 e. The van der Waals surface area contributed by atoms with Crippen molar-refractivity contribution >= 4 is 23.4 Å². The summed E-state index contributed by atoms with van der Waals surface area (Å²) in [7, 11) is 0. The summed E-state index contributed by atoms with van der Waals surface area (Å²) in [6.07, 6.45) is 0.802. The third-order valence-corrected chi connectivity index (χ3v) is 5.31. The fourth-order valence-corrected chi connectivity index (χ4v) is 3.67. The average molecular weight is 467 g/mol. The van der Waals surface area contributed by atoms with E-state index >= 15 is 0 Å². The van der Waals surface area contributed by atoms with Crippen LogP contribution in [-0.4, -0.2) is 61.0 Å². The number of ether oxygens (including phenoxy) is 2. The zero-order valence-electron chi connectivity index (χ0n) is 18.0. The number of hydrogen-bond donors (Lipinski definition) is 0. The summed E-state index contributed by atoms with van der Waals surface area (Å²) in [5, 5.41) is 0.292. The lowest BCUT2D eigenvalue weighted by atomic mass is 10.1. The highest BCUT2D eigenvalue weighted by Gasteiger charge is 2.27. The number of benzene rings is 2. The van der Waals surface area contributed by atoms with E-state index in [4.69, 9.17) is 21.1 Å². The van der Waals surface area contributed by atoms with Gasteiger partial charge in [0.15, 0.2) is 23.1 Å². The third kappa shape index (κ3) is 5.30. The van der Waals surface area contributed by atoms with E-state index in [0.29, 0.717) is 48.4 Å². The van der Waals surface area contributed by atoms with Gasteiger partial charge in [-0.15, -0.1) is 0 Å². The molecule has 6 nitrogen and oxygen atoms in total. The molecule has 0 saturated carbocycles. The fourth-order valence-electron chi connectivity index (χ4n) is 3.41. The van der Waals surface area contributed by atoms with Crippen molar-refractivity contribution in [2.45, 2.75) is 20.3 Å². The quantitative estimate of drug-likeness (QED) is 0.606. The van der Waals surface area contributed by atoms with Crippen molar-refractivity contribution in [2.75, 3.05) is 39.4 Å². The number of carbonyl (C=O) groups is 2. The highest BCUT2D eigenvalue weighted by atomic mass is 35.5. The van der Waals surface area contributed by atoms with Crippen molar-refractivity contribution in [2.24, 2.45) is 0 Å². The lowest BCUT2D eigenvalue weighted by Gasteiger charge is -2.35. The topological polar surface area (TPSA) is 59.1 Å². The minimum absolute atomic E-state index is 0.0690. The second-order valence-electron chi connectivity index (χ2n) is 7.28. The van der Waals surface area contributed by atoms with Crippen LogP contribution in [0.1, 0.15) is 41.0 Å². The average Bonchev–Trinajstić information content (AvgIpc) is 2.79. The second kappa shape index (κ2) is 10.6. The van der Waals surface area contributed by atoms with E-state index in [-0.39, 0.29) is 24.6 Å². The van der Waals surface area contributed by atoms with Gasteiger partial charge in [-0.1, -0.05) is 18.5 Å². The molecule has 2 aromatic rings. The molecule has 0 bridgehead atoms. The minimum atomic E-state index is -1.07. The Balaban J connectivity index is 1.69. The molecule has 32 heavy (non-hydrogen) atoms. The molecule has 0 unspecified atom stereocenters. The van der Waals surface area contributed by atoms with Gasteiger partial charge in [0, 0.05) is 37.3 Å². The van der Waals surface area contributed by atoms with E-state index in [1.807, 2.05) is 13.8 Å². The molecule has 1 heterocycles. The Kier molecular flexibility index (Phi) is 7.90. The van der Waals surface area contributed by atoms with Crippen molar-refractivity contribution in [3.63, 3.8) is 0 Å². The van der Waals surface area contributed by atoms with Gasteiger partial charge in [0.25, 0.3) is 11.8 Å². The van der Waals surface area contributed by atoms with E-state index in [2.05, 4.69) is 0 Å². The molecule has 0 radical (unpaired) electrons. The number of amides is 2. The fraction of sp³-hybridized carbons (Fsp3) is 0.391. The first-order valence-electron chi connectivity index (χ1n) is 10.5. The Morgan fingerprint density at radius 1 is 0.906 bits per heavy atom. The SMILES string of the molecule is CCCOc1c(Cl)cc(C(=O)N2CCN(C(=O)c3ccc(F)c(F)c3)CC2)cc1OCC. The van der Waals surface area contributed by atoms with Crippen LogP contribution in [0.15, 0.2) is 30.3 Å². The Labute approximate surface area is 190 Å². The largest absolute Gasteiger partial charge is 0.490 e. The molecule has 0 atom stereocenters. The number of rotatable bonds is 7. The Hall–Kier alpha value is -2.87. The number of carbonyl (C=O) groups excluding carboxylic acids is 2. The van der Waals surface area contributed by atoms with Gasteiger partial charge in [-0.3, -0.25) is 9.59 Å². The smallest absolute Gasteiger partial charge is 0.254 e. The standard InChI is InChI=1S/C23H25ClF2N2O4/c1-3-11-32-21-17(24)12-16(14-20(21)31-4-2)23(30)28-9-7-27(8-10-28)22(29)15-5-6-18(25)19(26)13-15/h5-6,12-14H,3-4,7-11H2,1-2H3. The van der Waals surface area contributed by atoms with Gasteiger partial charge < -0.3 is 19.3 Å². The van der Waals surface area contributed by atoms with Crippen molar-refractivity contribution in [1.82, 2.24) is 9.80 Å². The first-order valence-corrected chi connectivity index (χ1v) is 10.9. The third-order valence-electron chi connectivity index (χ3n) is 5.03. The van der Waals surface area contributed by atoms with Crippen LogP contribution in [0, 0.1) is 11.6 Å². The number of hydrogen-bond acceptors (Lipinski definition) is 4. The summed E-state index contributed by atoms with van der Waals surface area (Å²) < 4.78 is 37.9. The maximum atomic E-state index is 13.5. The zero-order chi connectivity index (χ0) is 23.3. The number of piperazine rings is 1. The summed E-state index contributed by atoms with van der Waals surface area (Å²) in [5.74, 6) is -1.91. The molecule has 172 valence electrons. The maximum absolute atomic E-state index is 13.5. The van der Waals surface area contributed by atoms with Crippen molar-refractivity contribution in [3.05, 3.63) is 58.1 Å². The molecule has 2 aromatic carbocycles. The summed E-state index contributed by atoms with van der Waals surface area (Å²) in [6.45, 7) is 5.80. The van der Waals surface area contributed by atoms with Crippen molar-refractivity contribution < 1.29 is 27.8 Å². The molecule has 1 fully saturated rings. The van der Waals surface area contributed by atoms with Crippen LogP contribution in [0.5, 0.6) is 11.5 Å². The minimum Gasteiger partial charge on any atom is -0.490 e. The number of nitrogens with zero attached hydrogens (tertiary/aromatic N) is 2. The lowest BCUT2D eigenvalue weighted by molar-refractivity contribution is 0.0535. The van der Waals surface area contributed by atoms with Gasteiger partial charge in [0.1, 0.15) is 0 Å². The van der Waals surface area contributed by atoms with E-state index in [0.717, 1.165) is 18.6 Å². The monoisotopic (exact) mass is 466 g/mol. The van der Waals surface area contributed by atoms with Gasteiger partial charge in [-0.05, 0) is 43.7 Å². The van der Waals surface area contributed by atoms with E-state index < -0.39 is 17.5 Å². The van der Waals surface area contributed by atoms with Crippen LogP contribution in [0.2, 0.25) is 5.02 Å². The summed E-state index contributed by atoms with van der Waals surface area (Å²) in [4.78, 5) is 28.7. The van der Waals surface area contributed by atoms with Gasteiger partial charge in [-0.25, -0.2) is 8.78 Å². The molecule has 1 aliphatic rings. The highest BCUT2D eigenvalue weighted by Crippen LogP contribution is 2.37. The van der Waals surface area contributed by atoms with Crippen molar-refractivity contribution in [3.8, 4) is 11.5 Å². The van der Waals surface area contributed by atoms with E-state index in [9.17, 15) is 18.4 Å². The molecule has 9 heteroatoms. The normalized spacial score (nSPS) is 13.8. The molecule has 0 aromatic heterocycles. The van der Waals surface area contributed by atoms with Crippen LogP contribution in [0.4, 0.5) is 8.78 Å². The summed E-state index contributed by atoms with van der Waals surface area (Å²) in [6, 6.07) is 6.22. The molecule has 3 rings (SSSR count). The summed E-state index contributed by atoms with van der Waals surface area (Å²) in [5.41, 5.74) is 0.433. The van der Waals surface area contributed by atoms with Crippen LogP contribution in [0.25, 0.3) is 0 Å². The van der Waals surface area contributed by atoms with E-state index in [1.54, 1.807) is 17.0 Å². The first kappa shape index (κ1) is 23.8. The predicted octanol–water partition coefficient (Wildman–Crippen LogP) is 4.40. The molecule has 0 N–H and O–H groups in total. The molecule has 1 aliphatic heterocycles. The molecular weight excluding hydrogens is 442 g/mol. The van der Waals surface area contributed by atoms with Crippen LogP contribution >= 0.6 is 11.6 Å². The molecular formula is C23H25ClF2N2O4. The second-order valence-corrected chi connectivity index (χ2v) is 7.69. The van der Waals surface area contributed by atoms with Crippen LogP contribution < -0.4 is 9.47 Å². The zero-order valence-corrected chi connectivity index (χ0v) is 18.8. The van der Waals surface area contributed by atoms with E-state index in [1.165, 1.54) is 11.0 Å². The lowest BCUT2D eigenvalue weighted by Crippen LogP contribution is -2.50. The van der Waals surface area contributed by atoms with Gasteiger partial charge in [0.05, 0.1) is 18.2 Å². The Bertz CT molecular complexity index is 994. The molecule has 0 spiro atoms. The van der Waals surface area contributed by atoms with Crippen molar-refractivity contribution in [1.29, 1.82) is 0 Å². The predicted molar refractivity (Wildman–Crippen MR) is 117 cm³/mol. The van der Waals surface area contributed by atoms with Gasteiger partial charge >= 0.3 is 0 Å². The van der Waals surface area contributed by atoms with Crippen LogP contribution in [-0.2, 0) is 0 Å². The summed E-state index contributed by atoms with van der Waals surface area (Å²) >= 11 is 6.36.